The molecule has 0 atom stereocenters. The molecule has 0 unspecified atom stereocenters. The Labute approximate surface area is 148 Å². The smallest absolute Gasteiger partial charge is 0.212 e. The summed E-state index contributed by atoms with van der Waals surface area (Å²) in [4.78, 5) is 4.78. The minimum atomic E-state index is 0.513. The molecule has 2 aromatic heterocycles. The first-order valence-corrected chi connectivity index (χ1v) is 8.15. The summed E-state index contributed by atoms with van der Waals surface area (Å²) in [7, 11) is 0. The van der Waals surface area contributed by atoms with Crippen LogP contribution in [0, 0.1) is 0 Å². The van der Waals surface area contributed by atoms with Crippen LogP contribution in [0.4, 0.5) is 5.69 Å². The van der Waals surface area contributed by atoms with Crippen LogP contribution >= 0.6 is 0 Å². The molecule has 0 aliphatic rings. The van der Waals surface area contributed by atoms with Crippen LogP contribution in [0.3, 0.4) is 0 Å². The standard InChI is InChI=1S/C19H13N7/c1-2-8-14(9-3-1)20-19(25-17-12-6-4-10-15(17)21-23-25)26-18-13-7-5-11-16(18)22-24-26/h1-13H. The predicted octanol–water partition coefficient (Wildman–Crippen LogP) is 3.26. The second-order valence-corrected chi connectivity index (χ2v) is 5.73. The predicted molar refractivity (Wildman–Crippen MR) is 99.4 cm³/mol. The summed E-state index contributed by atoms with van der Waals surface area (Å²) in [6.07, 6.45) is 0. The third-order valence-corrected chi connectivity index (χ3v) is 4.07. The number of para-hydroxylation sites is 3. The monoisotopic (exact) mass is 339 g/mol. The zero-order valence-electron chi connectivity index (χ0n) is 13.6. The molecule has 7 nitrogen and oxygen atoms in total. The van der Waals surface area contributed by atoms with Gasteiger partial charge in [0.05, 0.1) is 16.7 Å². The van der Waals surface area contributed by atoms with Crippen molar-refractivity contribution in [3.63, 3.8) is 0 Å². The summed E-state index contributed by atoms with van der Waals surface area (Å²) in [6.45, 7) is 0. The zero-order chi connectivity index (χ0) is 17.3. The maximum absolute atomic E-state index is 4.78. The summed E-state index contributed by atoms with van der Waals surface area (Å²) in [5.74, 6) is 0.513. The third kappa shape index (κ3) is 2.34. The maximum atomic E-state index is 4.78. The maximum Gasteiger partial charge on any atom is 0.256 e. The van der Waals surface area contributed by atoms with Crippen LogP contribution in [0.2, 0.25) is 0 Å². The number of nitrogens with zero attached hydrogens (tertiary/aromatic N) is 7. The molecular weight excluding hydrogens is 326 g/mol. The Balaban J connectivity index is 1.80. The molecule has 0 aliphatic carbocycles. The highest BCUT2D eigenvalue weighted by molar-refractivity contribution is 5.97. The van der Waals surface area contributed by atoms with Gasteiger partial charge in [-0.2, -0.15) is 9.36 Å². The summed E-state index contributed by atoms with van der Waals surface area (Å²) in [5.41, 5.74) is 4.07. The molecule has 2 heterocycles. The summed E-state index contributed by atoms with van der Waals surface area (Å²) >= 11 is 0. The number of hydrogen-bond donors (Lipinski definition) is 0. The fourth-order valence-electron chi connectivity index (χ4n) is 2.84. The topological polar surface area (TPSA) is 73.8 Å². The van der Waals surface area contributed by atoms with Crippen LogP contribution in [0.25, 0.3) is 22.1 Å². The van der Waals surface area contributed by atoms with Crippen molar-refractivity contribution in [3.8, 4) is 0 Å². The fraction of sp³-hybridized carbons (Fsp3) is 0. The Morgan fingerprint density at radius 1 is 0.615 bits per heavy atom. The molecule has 3 aromatic carbocycles. The summed E-state index contributed by atoms with van der Waals surface area (Å²) in [5, 5.41) is 17.1. The molecule has 0 radical (unpaired) electrons. The van der Waals surface area contributed by atoms with Crippen LogP contribution in [-0.2, 0) is 0 Å². The largest absolute Gasteiger partial charge is 0.256 e. The van der Waals surface area contributed by atoms with Crippen LogP contribution in [0.15, 0.2) is 83.9 Å². The first kappa shape index (κ1) is 14.5. The van der Waals surface area contributed by atoms with Gasteiger partial charge in [0.2, 0.25) is 0 Å². The quantitative estimate of drug-likeness (QED) is 0.347. The molecule has 0 saturated carbocycles. The van der Waals surface area contributed by atoms with Gasteiger partial charge in [-0.3, -0.25) is 0 Å². The van der Waals surface area contributed by atoms with Gasteiger partial charge in [0.15, 0.2) is 0 Å². The van der Waals surface area contributed by atoms with E-state index in [2.05, 4.69) is 20.6 Å². The highest BCUT2D eigenvalue weighted by atomic mass is 15.6. The molecule has 0 N–H and O–H groups in total. The number of benzene rings is 3. The second kappa shape index (κ2) is 5.89. The first-order valence-electron chi connectivity index (χ1n) is 8.15. The van der Waals surface area contributed by atoms with Crippen molar-refractivity contribution >= 4 is 33.7 Å². The number of aliphatic imine (C=N–C) groups is 1. The van der Waals surface area contributed by atoms with E-state index in [1.54, 1.807) is 9.36 Å². The van der Waals surface area contributed by atoms with Crippen LogP contribution in [0.5, 0.6) is 0 Å². The number of hydrogen-bond acceptors (Lipinski definition) is 5. The molecular formula is C19H13N7. The Kier molecular flexibility index (Phi) is 3.28. The molecule has 0 bridgehead atoms. The molecule has 7 heteroatoms. The van der Waals surface area contributed by atoms with Gasteiger partial charge < -0.3 is 0 Å². The lowest BCUT2D eigenvalue weighted by atomic mass is 10.3. The molecule has 26 heavy (non-hydrogen) atoms. The molecule has 0 aliphatic heterocycles. The first-order chi connectivity index (χ1) is 12.9. The van der Waals surface area contributed by atoms with Crippen LogP contribution < -0.4 is 0 Å². The van der Waals surface area contributed by atoms with E-state index in [1.807, 2.05) is 78.9 Å². The molecule has 5 aromatic rings. The summed E-state index contributed by atoms with van der Waals surface area (Å²) < 4.78 is 3.37. The Bertz CT molecular complexity index is 1160. The number of aromatic nitrogens is 6. The van der Waals surface area contributed by atoms with Gasteiger partial charge in [-0.15, -0.1) is 10.2 Å². The molecule has 0 fully saturated rings. The van der Waals surface area contributed by atoms with Crippen molar-refractivity contribution in [2.45, 2.75) is 0 Å². The van der Waals surface area contributed by atoms with E-state index in [0.717, 1.165) is 27.8 Å². The fourth-order valence-corrected chi connectivity index (χ4v) is 2.84. The lowest BCUT2D eigenvalue weighted by molar-refractivity contribution is 0.773. The molecule has 0 spiro atoms. The van der Waals surface area contributed by atoms with Crippen molar-refractivity contribution in [2.24, 2.45) is 4.99 Å². The van der Waals surface area contributed by atoms with Crippen molar-refractivity contribution in [1.82, 2.24) is 30.0 Å². The van der Waals surface area contributed by atoms with Gasteiger partial charge in [-0.25, -0.2) is 4.99 Å². The lowest BCUT2D eigenvalue weighted by Gasteiger charge is -2.08. The highest BCUT2D eigenvalue weighted by Gasteiger charge is 2.16. The minimum Gasteiger partial charge on any atom is -0.212 e. The van der Waals surface area contributed by atoms with E-state index >= 15 is 0 Å². The Morgan fingerprint density at radius 2 is 1.12 bits per heavy atom. The van der Waals surface area contributed by atoms with Crippen molar-refractivity contribution in [1.29, 1.82) is 0 Å². The van der Waals surface area contributed by atoms with Crippen molar-refractivity contribution < 1.29 is 0 Å². The van der Waals surface area contributed by atoms with Gasteiger partial charge in [-0.1, -0.05) is 52.9 Å². The molecule has 0 saturated heterocycles. The van der Waals surface area contributed by atoms with Gasteiger partial charge in [0, 0.05) is 0 Å². The number of fused-ring (bicyclic) bond motifs is 2. The van der Waals surface area contributed by atoms with Gasteiger partial charge in [-0.05, 0) is 36.4 Å². The van der Waals surface area contributed by atoms with Gasteiger partial charge in [0.25, 0.3) is 5.96 Å². The van der Waals surface area contributed by atoms with Crippen molar-refractivity contribution in [3.05, 3.63) is 78.9 Å². The van der Waals surface area contributed by atoms with Crippen LogP contribution in [0.1, 0.15) is 0 Å². The van der Waals surface area contributed by atoms with E-state index in [-0.39, 0.29) is 0 Å². The molecule has 0 amide bonds. The van der Waals surface area contributed by atoms with E-state index in [9.17, 15) is 0 Å². The Morgan fingerprint density at radius 3 is 1.69 bits per heavy atom. The third-order valence-electron chi connectivity index (χ3n) is 4.07. The summed E-state index contributed by atoms with van der Waals surface area (Å²) in [6, 6.07) is 25.2. The van der Waals surface area contributed by atoms with Gasteiger partial charge in [0.1, 0.15) is 11.0 Å². The lowest BCUT2D eigenvalue weighted by Crippen LogP contribution is -2.24. The normalized spacial score (nSPS) is 11.1. The highest BCUT2D eigenvalue weighted by Crippen LogP contribution is 2.17. The van der Waals surface area contributed by atoms with E-state index in [0.29, 0.717) is 5.96 Å². The zero-order valence-corrected chi connectivity index (χ0v) is 13.6. The van der Waals surface area contributed by atoms with Crippen LogP contribution in [-0.4, -0.2) is 35.9 Å². The average molecular weight is 339 g/mol. The Hall–Kier alpha value is -3.87. The second-order valence-electron chi connectivity index (χ2n) is 5.73. The van der Waals surface area contributed by atoms with Crippen molar-refractivity contribution in [2.75, 3.05) is 0 Å². The molecule has 5 rings (SSSR count). The number of rotatable bonds is 1. The average Bonchev–Trinajstić information content (AvgIpc) is 3.32. The minimum absolute atomic E-state index is 0.513. The van der Waals surface area contributed by atoms with E-state index < -0.39 is 0 Å². The SMILES string of the molecule is c1ccc(N=C(n2nnc3ccccc32)n2nnc3ccccc32)cc1. The van der Waals surface area contributed by atoms with Gasteiger partial charge >= 0.3 is 0 Å². The van der Waals surface area contributed by atoms with E-state index in [4.69, 9.17) is 4.99 Å². The van der Waals surface area contributed by atoms with E-state index in [1.165, 1.54) is 0 Å². The molecule has 124 valence electrons.